The second-order valence-electron chi connectivity index (χ2n) is 3.05. The minimum atomic E-state index is -4.44. The zero-order valence-electron chi connectivity index (χ0n) is 8.54. The summed E-state index contributed by atoms with van der Waals surface area (Å²) < 4.78 is 39.6. The van der Waals surface area contributed by atoms with Crippen LogP contribution >= 0.6 is 0 Å². The van der Waals surface area contributed by atoms with Gasteiger partial charge in [0.05, 0.1) is 6.61 Å². The molecule has 0 spiro atoms. The van der Waals surface area contributed by atoms with E-state index in [1.807, 2.05) is 0 Å². The Hall–Kier alpha value is -0.820. The molecule has 7 heteroatoms. The lowest BCUT2D eigenvalue weighted by Crippen LogP contribution is -2.39. The molecule has 1 atom stereocenters. The minimum Gasteiger partial charge on any atom is -0.395 e. The molecular weight excluding hydrogens is 215 g/mol. The first-order valence-electron chi connectivity index (χ1n) is 4.32. The highest BCUT2D eigenvalue weighted by Crippen LogP contribution is 2.15. The van der Waals surface area contributed by atoms with E-state index in [0.717, 1.165) is 4.90 Å². The Morgan fingerprint density at radius 3 is 2.47 bits per heavy atom. The zero-order valence-corrected chi connectivity index (χ0v) is 8.54. The van der Waals surface area contributed by atoms with Gasteiger partial charge in [0.15, 0.2) is 0 Å². The van der Waals surface area contributed by atoms with Gasteiger partial charge in [-0.05, 0) is 6.92 Å². The molecule has 1 amide bonds. The fraction of sp³-hybridized carbons (Fsp3) is 0.875. The predicted octanol–water partition coefficient (Wildman–Crippen LogP) is 0.405. The number of aliphatic hydroxyl groups is 1. The second kappa shape index (κ2) is 5.92. The molecule has 0 aliphatic heterocycles. The van der Waals surface area contributed by atoms with Gasteiger partial charge in [0, 0.05) is 13.6 Å². The number of hydrogen-bond acceptors (Lipinski definition) is 3. The summed E-state index contributed by atoms with van der Waals surface area (Å²) in [6, 6.07) is 0. The number of alkyl halides is 3. The van der Waals surface area contributed by atoms with E-state index >= 15 is 0 Å². The summed E-state index contributed by atoms with van der Waals surface area (Å²) in [5.41, 5.74) is 0. The number of rotatable bonds is 5. The lowest BCUT2D eigenvalue weighted by molar-refractivity contribution is -0.188. The highest BCUT2D eigenvalue weighted by Gasteiger charge is 2.30. The smallest absolute Gasteiger partial charge is 0.395 e. The van der Waals surface area contributed by atoms with E-state index in [1.165, 1.54) is 14.0 Å². The Morgan fingerprint density at radius 1 is 1.53 bits per heavy atom. The van der Waals surface area contributed by atoms with Crippen LogP contribution in [0.4, 0.5) is 13.2 Å². The fourth-order valence-corrected chi connectivity index (χ4v) is 0.861. The SMILES string of the molecule is CC(OCC(F)(F)F)C(=O)N(C)CCO. The second-order valence-corrected chi connectivity index (χ2v) is 3.05. The number of aliphatic hydroxyl groups excluding tert-OH is 1. The van der Waals surface area contributed by atoms with Crippen LogP contribution in [0, 0.1) is 0 Å². The molecule has 0 rings (SSSR count). The quantitative estimate of drug-likeness (QED) is 0.742. The van der Waals surface area contributed by atoms with Gasteiger partial charge in [-0.2, -0.15) is 13.2 Å². The van der Waals surface area contributed by atoms with Crippen LogP contribution in [-0.4, -0.2) is 55.0 Å². The molecule has 0 aliphatic rings. The molecule has 0 saturated heterocycles. The topological polar surface area (TPSA) is 49.8 Å². The van der Waals surface area contributed by atoms with Crippen molar-refractivity contribution in [2.45, 2.75) is 19.2 Å². The van der Waals surface area contributed by atoms with E-state index in [1.54, 1.807) is 0 Å². The Balaban J connectivity index is 3.99. The standard InChI is InChI=1S/C8H14F3NO3/c1-6(15-5-8(9,10)11)7(14)12(2)3-4-13/h6,13H,3-5H2,1-2H3. The van der Waals surface area contributed by atoms with Gasteiger partial charge in [-0.3, -0.25) is 4.79 Å². The van der Waals surface area contributed by atoms with Gasteiger partial charge in [0.1, 0.15) is 12.7 Å². The van der Waals surface area contributed by atoms with Crippen molar-refractivity contribution >= 4 is 5.91 Å². The molecule has 0 aromatic carbocycles. The van der Waals surface area contributed by atoms with Gasteiger partial charge in [-0.1, -0.05) is 0 Å². The Kier molecular flexibility index (Phi) is 5.59. The van der Waals surface area contributed by atoms with Crippen LogP contribution in [0.25, 0.3) is 0 Å². The van der Waals surface area contributed by atoms with E-state index < -0.39 is 24.8 Å². The minimum absolute atomic E-state index is 0.0680. The van der Waals surface area contributed by atoms with Crippen molar-refractivity contribution in [2.75, 3.05) is 26.8 Å². The average Bonchev–Trinajstić information content (AvgIpc) is 2.12. The summed E-state index contributed by atoms with van der Waals surface area (Å²) in [6.45, 7) is -0.387. The van der Waals surface area contributed by atoms with E-state index in [2.05, 4.69) is 4.74 Å². The number of ether oxygens (including phenoxy) is 1. The van der Waals surface area contributed by atoms with Gasteiger partial charge in [-0.15, -0.1) is 0 Å². The zero-order chi connectivity index (χ0) is 12.1. The van der Waals surface area contributed by atoms with Gasteiger partial charge >= 0.3 is 6.18 Å². The van der Waals surface area contributed by atoms with Crippen molar-refractivity contribution in [3.8, 4) is 0 Å². The van der Waals surface area contributed by atoms with Gasteiger partial charge < -0.3 is 14.7 Å². The maximum absolute atomic E-state index is 11.7. The number of carbonyl (C=O) groups is 1. The van der Waals surface area contributed by atoms with Crippen LogP contribution in [0.15, 0.2) is 0 Å². The number of likely N-dealkylation sites (N-methyl/N-ethyl adjacent to an activating group) is 1. The lowest BCUT2D eigenvalue weighted by Gasteiger charge is -2.21. The third kappa shape index (κ3) is 6.29. The van der Waals surface area contributed by atoms with Crippen molar-refractivity contribution in [3.05, 3.63) is 0 Å². The van der Waals surface area contributed by atoms with Crippen LogP contribution in [0.3, 0.4) is 0 Å². The molecule has 0 radical (unpaired) electrons. The van der Waals surface area contributed by atoms with Crippen molar-refractivity contribution < 1.29 is 27.8 Å². The Bertz CT molecular complexity index is 208. The number of halogens is 3. The Labute approximate surface area is 85.6 Å². The fourth-order valence-electron chi connectivity index (χ4n) is 0.861. The predicted molar refractivity (Wildman–Crippen MR) is 46.2 cm³/mol. The molecule has 1 unspecified atom stereocenters. The normalized spacial score (nSPS) is 13.7. The molecule has 0 aromatic rings. The summed E-state index contributed by atoms with van der Waals surface area (Å²) in [5.74, 6) is -0.590. The van der Waals surface area contributed by atoms with Gasteiger partial charge in [-0.25, -0.2) is 0 Å². The molecule has 4 nitrogen and oxygen atoms in total. The lowest BCUT2D eigenvalue weighted by atomic mass is 10.3. The van der Waals surface area contributed by atoms with Crippen molar-refractivity contribution in [1.29, 1.82) is 0 Å². The highest BCUT2D eigenvalue weighted by molar-refractivity contribution is 5.80. The maximum Gasteiger partial charge on any atom is 0.411 e. The molecule has 0 bridgehead atoms. The van der Waals surface area contributed by atoms with Crippen LogP contribution in [0.1, 0.15) is 6.92 Å². The molecule has 0 heterocycles. The van der Waals surface area contributed by atoms with Crippen molar-refractivity contribution in [2.24, 2.45) is 0 Å². The van der Waals surface area contributed by atoms with Crippen LogP contribution in [0.2, 0.25) is 0 Å². The Morgan fingerprint density at radius 2 is 2.07 bits per heavy atom. The van der Waals surface area contributed by atoms with Gasteiger partial charge in [0.25, 0.3) is 5.91 Å². The molecule has 15 heavy (non-hydrogen) atoms. The van der Waals surface area contributed by atoms with Crippen molar-refractivity contribution in [1.82, 2.24) is 4.90 Å². The van der Waals surface area contributed by atoms with Crippen LogP contribution < -0.4 is 0 Å². The number of carbonyl (C=O) groups excluding carboxylic acids is 1. The third-order valence-corrected chi connectivity index (χ3v) is 1.66. The molecule has 0 aliphatic carbocycles. The molecular formula is C8H14F3NO3. The molecule has 0 saturated carbocycles. The molecule has 0 fully saturated rings. The highest BCUT2D eigenvalue weighted by atomic mass is 19.4. The first-order valence-corrected chi connectivity index (χ1v) is 4.32. The van der Waals surface area contributed by atoms with E-state index in [0.29, 0.717) is 0 Å². The summed E-state index contributed by atoms with van der Waals surface area (Å²) in [5, 5.41) is 8.51. The monoisotopic (exact) mass is 229 g/mol. The first-order chi connectivity index (χ1) is 6.78. The first kappa shape index (κ1) is 14.2. The summed E-state index contributed by atoms with van der Waals surface area (Å²) in [6.07, 6.45) is -5.60. The number of nitrogens with zero attached hydrogens (tertiary/aromatic N) is 1. The van der Waals surface area contributed by atoms with Crippen LogP contribution in [0.5, 0.6) is 0 Å². The van der Waals surface area contributed by atoms with Crippen LogP contribution in [-0.2, 0) is 9.53 Å². The van der Waals surface area contributed by atoms with Gasteiger partial charge in [0.2, 0.25) is 0 Å². The molecule has 1 N–H and O–H groups in total. The number of hydrogen-bond donors (Lipinski definition) is 1. The summed E-state index contributed by atoms with van der Waals surface area (Å²) in [7, 11) is 1.38. The third-order valence-electron chi connectivity index (χ3n) is 1.66. The summed E-state index contributed by atoms with van der Waals surface area (Å²) >= 11 is 0. The van der Waals surface area contributed by atoms with E-state index in [-0.39, 0.29) is 13.2 Å². The van der Waals surface area contributed by atoms with Crippen molar-refractivity contribution in [3.63, 3.8) is 0 Å². The summed E-state index contributed by atoms with van der Waals surface area (Å²) in [4.78, 5) is 12.4. The maximum atomic E-state index is 11.7. The van der Waals surface area contributed by atoms with E-state index in [4.69, 9.17) is 5.11 Å². The largest absolute Gasteiger partial charge is 0.411 e. The molecule has 90 valence electrons. The number of amides is 1. The van der Waals surface area contributed by atoms with E-state index in [9.17, 15) is 18.0 Å². The molecule has 0 aromatic heterocycles. The average molecular weight is 229 g/mol.